The summed E-state index contributed by atoms with van der Waals surface area (Å²) in [6, 6.07) is 16.2. The molecule has 0 unspecified atom stereocenters. The highest BCUT2D eigenvalue weighted by molar-refractivity contribution is 7.94. The zero-order chi connectivity index (χ0) is 37.9. The third kappa shape index (κ3) is 8.18. The highest BCUT2D eigenvalue weighted by Gasteiger charge is 2.36. The fourth-order valence-electron chi connectivity index (χ4n) is 5.78. The molecule has 18 heteroatoms. The Morgan fingerprint density at radius 2 is 1.70 bits per heavy atom. The van der Waals surface area contributed by atoms with Crippen LogP contribution in [0.5, 0.6) is 17.2 Å². The van der Waals surface area contributed by atoms with Crippen molar-refractivity contribution in [2.45, 2.75) is 16.9 Å². The maximum Gasteiger partial charge on any atom is 0.422 e. The fraction of sp³-hybridized carbons (Fsp3) is 0.286. The SMILES string of the molecule is COC(=O)c1csc(S(=O)(=O)N(Oc2ccc3cc(C(=O)N4CCN(Cc5ccc(OCC(F)(F)F)cc5)CC4)n(C)c3c2)c2cccnc2)c1OC. The van der Waals surface area contributed by atoms with Gasteiger partial charge in [0.1, 0.15) is 22.7 Å². The average Bonchev–Trinajstić information content (AvgIpc) is 3.74. The summed E-state index contributed by atoms with van der Waals surface area (Å²) in [6.07, 6.45) is -1.62. The zero-order valence-electron chi connectivity index (χ0n) is 28.7. The smallest absolute Gasteiger partial charge is 0.422 e. The zero-order valence-corrected chi connectivity index (χ0v) is 30.3. The molecular formula is C35H34F3N5O8S2. The van der Waals surface area contributed by atoms with Crippen molar-refractivity contribution in [3.63, 3.8) is 0 Å². The summed E-state index contributed by atoms with van der Waals surface area (Å²) in [5, 5.41) is 2.05. The number of ether oxygens (including phenoxy) is 3. The number of alkyl halides is 3. The van der Waals surface area contributed by atoms with E-state index in [1.807, 2.05) is 0 Å². The van der Waals surface area contributed by atoms with Gasteiger partial charge in [0.05, 0.1) is 25.9 Å². The van der Waals surface area contributed by atoms with Gasteiger partial charge in [-0.2, -0.15) is 21.6 Å². The molecule has 0 spiro atoms. The Bertz CT molecular complexity index is 2200. The first-order valence-corrected chi connectivity index (χ1v) is 18.4. The van der Waals surface area contributed by atoms with Crippen LogP contribution in [0.1, 0.15) is 26.4 Å². The lowest BCUT2D eigenvalue weighted by Crippen LogP contribution is -2.48. The highest BCUT2D eigenvalue weighted by Crippen LogP contribution is 2.39. The molecule has 0 saturated carbocycles. The molecule has 0 aliphatic carbocycles. The van der Waals surface area contributed by atoms with E-state index in [9.17, 15) is 31.2 Å². The Morgan fingerprint density at radius 1 is 0.981 bits per heavy atom. The van der Waals surface area contributed by atoms with Crippen molar-refractivity contribution in [3.05, 3.63) is 95.3 Å². The number of fused-ring (bicyclic) bond motifs is 1. The number of aromatic nitrogens is 2. The molecule has 1 saturated heterocycles. The van der Waals surface area contributed by atoms with Gasteiger partial charge in [-0.3, -0.25) is 14.7 Å². The van der Waals surface area contributed by atoms with Crippen LogP contribution in [0, 0.1) is 0 Å². The van der Waals surface area contributed by atoms with Gasteiger partial charge in [-0.15, -0.1) is 11.3 Å². The molecule has 1 fully saturated rings. The van der Waals surface area contributed by atoms with Gasteiger partial charge in [0.2, 0.25) is 0 Å². The fourth-order valence-corrected chi connectivity index (χ4v) is 8.49. The van der Waals surface area contributed by atoms with E-state index in [4.69, 9.17) is 19.0 Å². The molecule has 3 aromatic heterocycles. The van der Waals surface area contributed by atoms with Crippen LogP contribution in [0.15, 0.2) is 82.6 Å². The Labute approximate surface area is 306 Å². The van der Waals surface area contributed by atoms with Crippen molar-refractivity contribution in [3.8, 4) is 17.2 Å². The normalized spacial score (nSPS) is 13.9. The topological polar surface area (TPSA) is 133 Å². The van der Waals surface area contributed by atoms with E-state index in [2.05, 4.69) is 9.88 Å². The second-order valence-electron chi connectivity index (χ2n) is 11.9. The van der Waals surface area contributed by atoms with Crippen LogP contribution in [-0.4, -0.2) is 92.8 Å². The lowest BCUT2D eigenvalue weighted by molar-refractivity contribution is -0.153. The molecule has 6 rings (SSSR count). The van der Waals surface area contributed by atoms with Gasteiger partial charge in [-0.05, 0) is 48.0 Å². The van der Waals surface area contributed by atoms with Crippen LogP contribution in [-0.2, 0) is 28.4 Å². The van der Waals surface area contributed by atoms with Crippen molar-refractivity contribution in [2.75, 3.05) is 51.5 Å². The number of amides is 1. The van der Waals surface area contributed by atoms with E-state index < -0.39 is 28.8 Å². The second kappa shape index (κ2) is 15.3. The molecule has 5 aromatic rings. The minimum atomic E-state index is -4.49. The number of nitrogens with zero attached hydrogens (tertiary/aromatic N) is 5. The third-order valence-electron chi connectivity index (χ3n) is 8.45. The number of halogens is 3. The standard InChI is InChI=1S/C35H34F3N5O8S2/c1-40-29-18-27(51-43(25-5-4-12-39-19-25)53(46,47)34-31(48-2)28(21-52-34)33(45)49-3)11-8-24(29)17-30(40)32(44)42-15-13-41(14-16-42)20-23-6-9-26(10-7-23)50-22-35(36,37)38/h4-12,17-19,21H,13-16,20,22H2,1-3H3. The van der Waals surface area contributed by atoms with Crippen LogP contribution < -0.4 is 18.8 Å². The number of hydrogen-bond acceptors (Lipinski definition) is 11. The number of benzene rings is 2. The van der Waals surface area contributed by atoms with Crippen LogP contribution in [0.4, 0.5) is 18.9 Å². The first kappa shape index (κ1) is 37.4. The van der Waals surface area contributed by atoms with Gasteiger partial charge in [0.25, 0.3) is 5.91 Å². The van der Waals surface area contributed by atoms with Gasteiger partial charge in [-0.1, -0.05) is 16.6 Å². The van der Waals surface area contributed by atoms with Crippen molar-refractivity contribution in [1.29, 1.82) is 0 Å². The number of carbonyl (C=O) groups is 2. The van der Waals surface area contributed by atoms with Crippen molar-refractivity contribution in [2.24, 2.45) is 7.05 Å². The number of aryl methyl sites for hydroxylation is 1. The van der Waals surface area contributed by atoms with E-state index in [-0.39, 0.29) is 38.6 Å². The Morgan fingerprint density at radius 3 is 2.34 bits per heavy atom. The molecule has 1 aliphatic rings. The molecule has 0 N–H and O–H groups in total. The number of methoxy groups -OCH3 is 2. The van der Waals surface area contributed by atoms with E-state index in [1.54, 1.807) is 59.0 Å². The lowest BCUT2D eigenvalue weighted by Gasteiger charge is -2.34. The number of anilines is 1. The minimum absolute atomic E-state index is 0.0558. The Kier molecular flexibility index (Phi) is 10.8. The number of esters is 1. The Hall–Kier alpha value is -5.33. The summed E-state index contributed by atoms with van der Waals surface area (Å²) < 4.78 is 82.5. The van der Waals surface area contributed by atoms with E-state index >= 15 is 0 Å². The van der Waals surface area contributed by atoms with Crippen LogP contribution in [0.25, 0.3) is 10.9 Å². The molecule has 13 nitrogen and oxygen atoms in total. The van der Waals surface area contributed by atoms with Crippen molar-refractivity contribution < 1.29 is 50.2 Å². The predicted octanol–water partition coefficient (Wildman–Crippen LogP) is 5.52. The highest BCUT2D eigenvalue weighted by atomic mass is 32.2. The van der Waals surface area contributed by atoms with Gasteiger partial charge in [-0.25, -0.2) is 4.79 Å². The number of piperazine rings is 1. The van der Waals surface area contributed by atoms with E-state index in [0.29, 0.717) is 48.4 Å². The predicted molar refractivity (Wildman–Crippen MR) is 189 cm³/mol. The van der Waals surface area contributed by atoms with E-state index in [1.165, 1.54) is 50.2 Å². The average molecular weight is 774 g/mol. The second-order valence-corrected chi connectivity index (χ2v) is 14.7. The maximum atomic E-state index is 14.1. The quantitative estimate of drug-likeness (QED) is 0.118. The molecule has 0 atom stereocenters. The number of thiophene rings is 1. The number of pyridine rings is 1. The summed E-state index contributed by atoms with van der Waals surface area (Å²) in [5.74, 6) is -0.848. The summed E-state index contributed by atoms with van der Waals surface area (Å²) in [4.78, 5) is 40.0. The number of hydrogen-bond donors (Lipinski definition) is 0. The molecule has 53 heavy (non-hydrogen) atoms. The maximum absolute atomic E-state index is 14.1. The summed E-state index contributed by atoms with van der Waals surface area (Å²) >= 11 is 0.772. The molecule has 1 amide bonds. The summed E-state index contributed by atoms with van der Waals surface area (Å²) in [7, 11) is -0.337. The van der Waals surface area contributed by atoms with E-state index in [0.717, 1.165) is 22.3 Å². The monoisotopic (exact) mass is 773 g/mol. The first-order valence-electron chi connectivity index (χ1n) is 16.1. The van der Waals surface area contributed by atoms with Crippen LogP contribution in [0.2, 0.25) is 0 Å². The third-order valence-corrected chi connectivity index (χ3v) is 11.5. The molecule has 0 bridgehead atoms. The van der Waals surface area contributed by atoms with Crippen molar-refractivity contribution >= 4 is 49.8 Å². The Balaban J connectivity index is 1.16. The molecule has 1 aliphatic heterocycles. The molecule has 280 valence electrons. The van der Waals surface area contributed by atoms with Crippen LogP contribution in [0.3, 0.4) is 0 Å². The largest absolute Gasteiger partial charge is 0.493 e. The van der Waals surface area contributed by atoms with Gasteiger partial charge < -0.3 is 28.5 Å². The molecular weight excluding hydrogens is 740 g/mol. The van der Waals surface area contributed by atoms with Crippen molar-refractivity contribution in [1.82, 2.24) is 19.4 Å². The molecule has 2 aromatic carbocycles. The lowest BCUT2D eigenvalue weighted by atomic mass is 10.2. The first-order chi connectivity index (χ1) is 25.3. The van der Waals surface area contributed by atoms with Gasteiger partial charge in [0, 0.05) is 62.8 Å². The summed E-state index contributed by atoms with van der Waals surface area (Å²) in [5.41, 5.74) is 1.97. The number of sulfonamides is 1. The minimum Gasteiger partial charge on any atom is -0.493 e. The summed E-state index contributed by atoms with van der Waals surface area (Å²) in [6.45, 7) is 1.32. The van der Waals surface area contributed by atoms with Gasteiger partial charge in [0.15, 0.2) is 22.3 Å². The molecule has 4 heterocycles. The van der Waals surface area contributed by atoms with Crippen LogP contribution >= 0.6 is 11.3 Å². The number of carbonyl (C=O) groups excluding carboxylic acids is 2. The molecule has 0 radical (unpaired) electrons. The van der Waals surface area contributed by atoms with Gasteiger partial charge >= 0.3 is 22.2 Å². The number of rotatable bonds is 12.